The molecular weight excluding hydrogens is 264 g/mol. The fourth-order valence-electron chi connectivity index (χ4n) is 2.46. The van der Waals surface area contributed by atoms with Gasteiger partial charge in [-0.05, 0) is 35.4 Å². The van der Waals surface area contributed by atoms with Crippen LogP contribution in [0.25, 0.3) is 0 Å². The zero-order chi connectivity index (χ0) is 13.7. The molecule has 0 amide bonds. The Bertz CT molecular complexity index is 418. The van der Waals surface area contributed by atoms with Crippen molar-refractivity contribution in [1.82, 2.24) is 20.2 Å². The van der Waals surface area contributed by atoms with E-state index in [0.717, 1.165) is 30.8 Å². The second kappa shape index (κ2) is 6.88. The van der Waals surface area contributed by atoms with Crippen molar-refractivity contribution in [2.75, 3.05) is 5.75 Å². The molecule has 2 unspecified atom stereocenters. The van der Waals surface area contributed by atoms with Gasteiger partial charge in [0.1, 0.15) is 0 Å². The number of nitrogens with zero attached hydrogens (tertiary/aromatic N) is 4. The number of hydrogen-bond donors (Lipinski definition) is 1. The standard InChI is InChI=1S/C12H20N4O2S/c1-2-5-9(8-11(17)18)16-12(13-14-15-16)10-6-3-4-7-19-10/h9-10H,2-8H2,1H3,(H,17,18). The second-order valence-electron chi connectivity index (χ2n) is 4.88. The van der Waals surface area contributed by atoms with Gasteiger partial charge in [0.05, 0.1) is 17.7 Å². The molecule has 1 aliphatic heterocycles. The molecule has 1 aromatic heterocycles. The molecule has 2 heterocycles. The number of aromatic nitrogens is 4. The molecule has 106 valence electrons. The van der Waals surface area contributed by atoms with Crippen LogP contribution in [0.3, 0.4) is 0 Å². The molecule has 1 N–H and O–H groups in total. The highest BCUT2D eigenvalue weighted by atomic mass is 32.2. The predicted molar refractivity (Wildman–Crippen MR) is 73.1 cm³/mol. The third-order valence-corrected chi connectivity index (χ3v) is 4.74. The van der Waals surface area contributed by atoms with Crippen LogP contribution < -0.4 is 0 Å². The molecule has 1 fully saturated rings. The third-order valence-electron chi connectivity index (χ3n) is 3.36. The van der Waals surface area contributed by atoms with E-state index >= 15 is 0 Å². The molecular formula is C12H20N4O2S. The third kappa shape index (κ3) is 3.68. The van der Waals surface area contributed by atoms with Crippen LogP contribution in [-0.4, -0.2) is 37.0 Å². The lowest BCUT2D eigenvalue weighted by Gasteiger charge is -2.23. The van der Waals surface area contributed by atoms with Crippen LogP contribution in [0.15, 0.2) is 0 Å². The monoisotopic (exact) mass is 284 g/mol. The summed E-state index contributed by atoms with van der Waals surface area (Å²) < 4.78 is 1.75. The number of carbonyl (C=O) groups is 1. The Hall–Kier alpha value is -1.11. The van der Waals surface area contributed by atoms with E-state index in [4.69, 9.17) is 5.11 Å². The zero-order valence-corrected chi connectivity index (χ0v) is 12.0. The van der Waals surface area contributed by atoms with Gasteiger partial charge in [-0.1, -0.05) is 19.8 Å². The van der Waals surface area contributed by atoms with Gasteiger partial charge in [0.25, 0.3) is 0 Å². The number of carboxylic acid groups (broad SMARTS) is 1. The maximum atomic E-state index is 11.0. The van der Waals surface area contributed by atoms with Crippen LogP contribution in [0.1, 0.15) is 62.6 Å². The van der Waals surface area contributed by atoms with Crippen molar-refractivity contribution in [3.63, 3.8) is 0 Å². The highest BCUT2D eigenvalue weighted by Gasteiger charge is 2.26. The van der Waals surface area contributed by atoms with Gasteiger partial charge in [-0.2, -0.15) is 11.8 Å². The Morgan fingerprint density at radius 3 is 3.05 bits per heavy atom. The van der Waals surface area contributed by atoms with Crippen molar-refractivity contribution >= 4 is 17.7 Å². The predicted octanol–water partition coefficient (Wildman–Crippen LogP) is 2.45. The molecule has 1 saturated heterocycles. The Morgan fingerprint density at radius 2 is 2.42 bits per heavy atom. The molecule has 0 radical (unpaired) electrons. The minimum Gasteiger partial charge on any atom is -0.481 e. The number of carboxylic acids is 1. The Balaban J connectivity index is 2.17. The maximum Gasteiger partial charge on any atom is 0.305 e. The van der Waals surface area contributed by atoms with E-state index in [9.17, 15) is 4.79 Å². The van der Waals surface area contributed by atoms with Crippen molar-refractivity contribution in [3.8, 4) is 0 Å². The first-order valence-corrected chi connectivity index (χ1v) is 7.88. The van der Waals surface area contributed by atoms with Crippen molar-refractivity contribution in [3.05, 3.63) is 5.82 Å². The fraction of sp³-hybridized carbons (Fsp3) is 0.833. The average molecular weight is 284 g/mol. The molecule has 0 aromatic carbocycles. The summed E-state index contributed by atoms with van der Waals surface area (Å²) in [7, 11) is 0. The number of tetrazole rings is 1. The van der Waals surface area contributed by atoms with Crippen molar-refractivity contribution in [2.45, 2.75) is 56.7 Å². The molecule has 19 heavy (non-hydrogen) atoms. The summed E-state index contributed by atoms with van der Waals surface area (Å²) >= 11 is 1.88. The van der Waals surface area contributed by atoms with Gasteiger partial charge in [0, 0.05) is 0 Å². The fourth-order valence-corrected chi connectivity index (χ4v) is 3.76. The number of thioether (sulfide) groups is 1. The second-order valence-corrected chi connectivity index (χ2v) is 6.19. The largest absolute Gasteiger partial charge is 0.481 e. The molecule has 0 spiro atoms. The lowest BCUT2D eigenvalue weighted by atomic mass is 10.1. The summed E-state index contributed by atoms with van der Waals surface area (Å²) in [5, 5.41) is 21.3. The van der Waals surface area contributed by atoms with E-state index in [0.29, 0.717) is 5.25 Å². The van der Waals surface area contributed by atoms with E-state index < -0.39 is 5.97 Å². The van der Waals surface area contributed by atoms with Gasteiger partial charge in [-0.3, -0.25) is 4.79 Å². The van der Waals surface area contributed by atoms with Crippen molar-refractivity contribution in [2.24, 2.45) is 0 Å². The summed E-state index contributed by atoms with van der Waals surface area (Å²) in [6.45, 7) is 2.05. The first kappa shape index (κ1) is 14.3. The van der Waals surface area contributed by atoms with Crippen LogP contribution in [-0.2, 0) is 4.79 Å². The molecule has 2 rings (SSSR count). The zero-order valence-electron chi connectivity index (χ0n) is 11.2. The van der Waals surface area contributed by atoms with Gasteiger partial charge >= 0.3 is 5.97 Å². The van der Waals surface area contributed by atoms with E-state index in [1.165, 1.54) is 12.8 Å². The molecule has 1 aliphatic rings. The molecule has 7 heteroatoms. The van der Waals surface area contributed by atoms with Gasteiger partial charge in [0.15, 0.2) is 5.82 Å². The summed E-state index contributed by atoms with van der Waals surface area (Å²) in [5.41, 5.74) is 0. The van der Waals surface area contributed by atoms with E-state index in [1.54, 1.807) is 4.68 Å². The normalized spacial score (nSPS) is 21.2. The molecule has 0 saturated carbocycles. The quantitative estimate of drug-likeness (QED) is 0.864. The van der Waals surface area contributed by atoms with Crippen LogP contribution in [0.2, 0.25) is 0 Å². The first-order chi connectivity index (χ1) is 9.22. The smallest absolute Gasteiger partial charge is 0.305 e. The van der Waals surface area contributed by atoms with Crippen LogP contribution in [0, 0.1) is 0 Å². The number of aliphatic carboxylic acids is 1. The molecule has 2 atom stereocenters. The summed E-state index contributed by atoms with van der Waals surface area (Å²) in [5.74, 6) is 1.19. The van der Waals surface area contributed by atoms with E-state index in [1.807, 2.05) is 18.7 Å². The van der Waals surface area contributed by atoms with E-state index in [2.05, 4.69) is 15.5 Å². The van der Waals surface area contributed by atoms with Crippen LogP contribution >= 0.6 is 11.8 Å². The van der Waals surface area contributed by atoms with Gasteiger partial charge in [0.2, 0.25) is 0 Å². The van der Waals surface area contributed by atoms with Crippen LogP contribution in [0.5, 0.6) is 0 Å². The molecule has 6 nitrogen and oxygen atoms in total. The highest BCUT2D eigenvalue weighted by molar-refractivity contribution is 7.99. The lowest BCUT2D eigenvalue weighted by molar-refractivity contribution is -0.138. The van der Waals surface area contributed by atoms with E-state index in [-0.39, 0.29) is 12.5 Å². The van der Waals surface area contributed by atoms with Crippen LogP contribution in [0.4, 0.5) is 0 Å². The van der Waals surface area contributed by atoms with Gasteiger partial charge in [-0.25, -0.2) is 4.68 Å². The summed E-state index contributed by atoms with van der Waals surface area (Å²) in [4.78, 5) is 11.0. The number of hydrogen-bond acceptors (Lipinski definition) is 5. The Kier molecular flexibility index (Phi) is 5.18. The highest BCUT2D eigenvalue weighted by Crippen LogP contribution is 2.38. The summed E-state index contributed by atoms with van der Waals surface area (Å²) in [6.07, 6.45) is 5.33. The van der Waals surface area contributed by atoms with Gasteiger partial charge in [-0.15, -0.1) is 5.10 Å². The minimum atomic E-state index is -0.795. The average Bonchev–Trinajstić information content (AvgIpc) is 2.88. The molecule has 0 bridgehead atoms. The Morgan fingerprint density at radius 1 is 1.58 bits per heavy atom. The summed E-state index contributed by atoms with van der Waals surface area (Å²) in [6, 6.07) is -0.130. The SMILES string of the molecule is CCCC(CC(=O)O)n1nnnc1C1CCCCS1. The first-order valence-electron chi connectivity index (χ1n) is 6.83. The van der Waals surface area contributed by atoms with Crippen molar-refractivity contribution in [1.29, 1.82) is 0 Å². The molecule has 0 aliphatic carbocycles. The lowest BCUT2D eigenvalue weighted by Crippen LogP contribution is -2.19. The molecule has 1 aromatic rings. The minimum absolute atomic E-state index is 0.0866. The topological polar surface area (TPSA) is 80.9 Å². The maximum absolute atomic E-state index is 11.0. The van der Waals surface area contributed by atoms with Gasteiger partial charge < -0.3 is 5.11 Å². The Labute approximate surface area is 117 Å². The number of rotatable bonds is 6. The van der Waals surface area contributed by atoms with Crippen molar-refractivity contribution < 1.29 is 9.90 Å².